The monoisotopic (exact) mass is 316 g/mol. The highest BCUT2D eigenvalue weighted by Gasteiger charge is 2.39. The van der Waals surface area contributed by atoms with Gasteiger partial charge in [-0.25, -0.2) is 0 Å². The average Bonchev–Trinajstić information content (AvgIpc) is 3.40. The largest absolute Gasteiger partial charge is 0.480 e. The SMILES string of the molecule is CC1CC1C(=O)Nc1ccc(C(=O)N(CC(=O)O)C2CC2)cc1. The molecule has 2 aliphatic carbocycles. The number of rotatable bonds is 6. The molecule has 0 radical (unpaired) electrons. The van der Waals surface area contributed by atoms with Crippen LogP contribution in [0.15, 0.2) is 24.3 Å². The van der Waals surface area contributed by atoms with Crippen molar-refractivity contribution >= 4 is 23.5 Å². The minimum atomic E-state index is -1.01. The van der Waals surface area contributed by atoms with E-state index in [0.717, 1.165) is 19.3 Å². The second-order valence-electron chi connectivity index (χ2n) is 6.44. The standard InChI is InChI=1S/C17H20N2O4/c1-10-8-14(10)16(22)18-12-4-2-11(3-5-12)17(23)19(9-15(20)21)13-6-7-13/h2-5,10,13-14H,6-9H2,1H3,(H,18,22)(H,20,21). The Kier molecular flexibility index (Phi) is 4.07. The Balaban J connectivity index is 1.64. The van der Waals surface area contributed by atoms with E-state index >= 15 is 0 Å². The van der Waals surface area contributed by atoms with Gasteiger partial charge in [-0.15, -0.1) is 0 Å². The smallest absolute Gasteiger partial charge is 0.323 e. The number of carboxylic acids is 1. The van der Waals surface area contributed by atoms with E-state index in [0.29, 0.717) is 17.2 Å². The van der Waals surface area contributed by atoms with Crippen molar-refractivity contribution in [3.8, 4) is 0 Å². The van der Waals surface area contributed by atoms with Crippen LogP contribution in [0.5, 0.6) is 0 Å². The van der Waals surface area contributed by atoms with Crippen LogP contribution < -0.4 is 5.32 Å². The van der Waals surface area contributed by atoms with Crippen LogP contribution in [0.2, 0.25) is 0 Å². The van der Waals surface area contributed by atoms with Crippen molar-refractivity contribution in [2.45, 2.75) is 32.2 Å². The Morgan fingerprint density at radius 3 is 2.30 bits per heavy atom. The first kappa shape index (κ1) is 15.5. The molecule has 0 bridgehead atoms. The third kappa shape index (κ3) is 3.70. The van der Waals surface area contributed by atoms with Crippen LogP contribution in [0.3, 0.4) is 0 Å². The summed E-state index contributed by atoms with van der Waals surface area (Å²) < 4.78 is 0. The maximum absolute atomic E-state index is 12.4. The van der Waals surface area contributed by atoms with Crippen LogP contribution in [-0.2, 0) is 9.59 Å². The van der Waals surface area contributed by atoms with Gasteiger partial charge in [-0.1, -0.05) is 6.92 Å². The topological polar surface area (TPSA) is 86.7 Å². The van der Waals surface area contributed by atoms with Crippen LogP contribution in [0.25, 0.3) is 0 Å². The van der Waals surface area contributed by atoms with Gasteiger partial charge in [0.25, 0.3) is 5.91 Å². The van der Waals surface area contributed by atoms with Crippen LogP contribution in [0.4, 0.5) is 5.69 Å². The molecule has 6 nitrogen and oxygen atoms in total. The number of hydrogen-bond acceptors (Lipinski definition) is 3. The number of nitrogens with one attached hydrogen (secondary N) is 1. The molecule has 122 valence electrons. The first-order valence-corrected chi connectivity index (χ1v) is 7.89. The van der Waals surface area contributed by atoms with Crippen molar-refractivity contribution in [1.29, 1.82) is 0 Å². The van der Waals surface area contributed by atoms with Gasteiger partial charge in [-0.3, -0.25) is 14.4 Å². The molecule has 2 aliphatic rings. The number of benzene rings is 1. The lowest BCUT2D eigenvalue weighted by Crippen LogP contribution is -2.37. The first-order valence-electron chi connectivity index (χ1n) is 7.89. The molecule has 1 aromatic rings. The number of carbonyl (C=O) groups is 3. The van der Waals surface area contributed by atoms with Crippen molar-refractivity contribution in [3.05, 3.63) is 29.8 Å². The Bertz CT molecular complexity index is 636. The molecule has 2 unspecified atom stereocenters. The molecule has 2 amide bonds. The normalized spacial score (nSPS) is 22.3. The highest BCUT2D eigenvalue weighted by molar-refractivity contribution is 5.98. The zero-order chi connectivity index (χ0) is 16.6. The van der Waals surface area contributed by atoms with Crippen molar-refractivity contribution in [2.24, 2.45) is 11.8 Å². The predicted molar refractivity (Wildman–Crippen MR) is 84.0 cm³/mol. The molecule has 6 heteroatoms. The summed E-state index contributed by atoms with van der Waals surface area (Å²) in [5.74, 6) is -0.727. The first-order chi connectivity index (χ1) is 11.0. The van der Waals surface area contributed by atoms with E-state index in [2.05, 4.69) is 5.32 Å². The van der Waals surface area contributed by atoms with Gasteiger partial charge in [0.05, 0.1) is 0 Å². The number of hydrogen-bond donors (Lipinski definition) is 2. The Labute approximate surface area is 134 Å². The molecule has 0 spiro atoms. The molecule has 0 aromatic heterocycles. The van der Waals surface area contributed by atoms with Gasteiger partial charge in [0.2, 0.25) is 5.91 Å². The van der Waals surface area contributed by atoms with Crippen LogP contribution in [0.1, 0.15) is 36.5 Å². The summed E-state index contributed by atoms with van der Waals surface area (Å²) in [4.78, 5) is 36.6. The number of carbonyl (C=O) groups excluding carboxylic acids is 2. The number of nitrogens with zero attached hydrogens (tertiary/aromatic N) is 1. The molecule has 2 fully saturated rings. The zero-order valence-corrected chi connectivity index (χ0v) is 13.0. The van der Waals surface area contributed by atoms with E-state index in [1.54, 1.807) is 24.3 Å². The van der Waals surface area contributed by atoms with Gasteiger partial charge >= 0.3 is 5.97 Å². The third-order valence-electron chi connectivity index (χ3n) is 4.40. The van der Waals surface area contributed by atoms with Gasteiger partial charge in [0.15, 0.2) is 0 Å². The van der Waals surface area contributed by atoms with Crippen molar-refractivity contribution in [3.63, 3.8) is 0 Å². The second-order valence-corrected chi connectivity index (χ2v) is 6.44. The van der Waals surface area contributed by atoms with Crippen molar-refractivity contribution in [1.82, 2.24) is 4.90 Å². The summed E-state index contributed by atoms with van der Waals surface area (Å²) in [7, 11) is 0. The molecule has 0 aliphatic heterocycles. The highest BCUT2D eigenvalue weighted by atomic mass is 16.4. The summed E-state index contributed by atoms with van der Waals surface area (Å²) in [5, 5.41) is 11.8. The summed E-state index contributed by atoms with van der Waals surface area (Å²) in [6.45, 7) is 1.77. The lowest BCUT2D eigenvalue weighted by molar-refractivity contribution is -0.137. The van der Waals surface area contributed by atoms with Crippen LogP contribution in [0, 0.1) is 11.8 Å². The number of aliphatic carboxylic acids is 1. The fourth-order valence-electron chi connectivity index (χ4n) is 2.68. The summed E-state index contributed by atoms with van der Waals surface area (Å²) in [6, 6.07) is 6.67. The van der Waals surface area contributed by atoms with Crippen molar-refractivity contribution < 1.29 is 19.5 Å². The summed E-state index contributed by atoms with van der Waals surface area (Å²) in [6.07, 6.45) is 2.63. The fraction of sp³-hybridized carbons (Fsp3) is 0.471. The molecule has 2 saturated carbocycles. The predicted octanol–water partition coefficient (Wildman–Crippen LogP) is 1.97. The lowest BCUT2D eigenvalue weighted by atomic mass is 10.1. The summed E-state index contributed by atoms with van der Waals surface area (Å²) in [5.41, 5.74) is 1.10. The zero-order valence-electron chi connectivity index (χ0n) is 13.0. The third-order valence-corrected chi connectivity index (χ3v) is 4.40. The van der Waals surface area contributed by atoms with E-state index in [9.17, 15) is 14.4 Å². The minimum Gasteiger partial charge on any atom is -0.480 e. The van der Waals surface area contributed by atoms with E-state index < -0.39 is 5.97 Å². The lowest BCUT2D eigenvalue weighted by Gasteiger charge is -2.20. The second kappa shape index (κ2) is 6.02. The van der Waals surface area contributed by atoms with Gasteiger partial charge < -0.3 is 15.3 Å². The van der Waals surface area contributed by atoms with Gasteiger partial charge in [-0.05, 0) is 49.4 Å². The maximum atomic E-state index is 12.4. The van der Waals surface area contributed by atoms with Gasteiger partial charge in [0, 0.05) is 23.2 Å². The van der Waals surface area contributed by atoms with E-state index in [1.807, 2.05) is 6.92 Å². The van der Waals surface area contributed by atoms with Gasteiger partial charge in [0.1, 0.15) is 6.54 Å². The Morgan fingerprint density at radius 2 is 1.83 bits per heavy atom. The maximum Gasteiger partial charge on any atom is 0.323 e. The molecule has 1 aromatic carbocycles. The molecular formula is C17H20N2O4. The molecular weight excluding hydrogens is 296 g/mol. The van der Waals surface area contributed by atoms with E-state index in [1.165, 1.54) is 4.90 Å². The fourth-order valence-corrected chi connectivity index (χ4v) is 2.68. The molecule has 2 atom stereocenters. The number of carboxylic acid groups (broad SMARTS) is 1. The van der Waals surface area contributed by atoms with Crippen molar-refractivity contribution in [2.75, 3.05) is 11.9 Å². The molecule has 0 saturated heterocycles. The minimum absolute atomic E-state index is 0.0158. The highest BCUT2D eigenvalue weighted by Crippen LogP contribution is 2.38. The number of anilines is 1. The number of amides is 2. The van der Waals surface area contributed by atoms with E-state index in [4.69, 9.17) is 5.11 Å². The van der Waals surface area contributed by atoms with Crippen LogP contribution in [-0.4, -0.2) is 40.4 Å². The average molecular weight is 316 g/mol. The molecule has 0 heterocycles. The Morgan fingerprint density at radius 1 is 1.22 bits per heavy atom. The molecule has 23 heavy (non-hydrogen) atoms. The molecule has 3 rings (SSSR count). The molecule has 2 N–H and O–H groups in total. The quantitative estimate of drug-likeness (QED) is 0.840. The Hall–Kier alpha value is -2.37. The van der Waals surface area contributed by atoms with Gasteiger partial charge in [-0.2, -0.15) is 0 Å². The summed E-state index contributed by atoms with van der Waals surface area (Å²) >= 11 is 0. The van der Waals surface area contributed by atoms with Crippen LogP contribution >= 0.6 is 0 Å². The van der Waals surface area contributed by atoms with E-state index in [-0.39, 0.29) is 30.3 Å².